The molecule has 18 heavy (non-hydrogen) atoms. The monoisotopic (exact) mass is 270 g/mol. The molecule has 4 N–H and O–H groups in total. The summed E-state index contributed by atoms with van der Waals surface area (Å²) in [5.41, 5.74) is 7.32. The molecule has 0 aromatic heterocycles. The van der Waals surface area contributed by atoms with Crippen LogP contribution in [0, 0.1) is 10.1 Å². The van der Waals surface area contributed by atoms with Gasteiger partial charge in [-0.25, -0.2) is 0 Å². The first-order valence-electron chi connectivity index (χ1n) is 4.59. The highest BCUT2D eigenvalue weighted by molar-refractivity contribution is 7.80. The molecule has 0 radical (unpaired) electrons. The molecule has 1 aromatic carbocycles. The van der Waals surface area contributed by atoms with Gasteiger partial charge in [-0.1, -0.05) is 0 Å². The summed E-state index contributed by atoms with van der Waals surface area (Å²) < 4.78 is 4.82. The summed E-state index contributed by atoms with van der Waals surface area (Å²) in [7, 11) is 1.28. The first kappa shape index (κ1) is 13.6. The minimum Gasteiger partial charge on any atom is -0.500 e. The fraction of sp³-hybridized carbons (Fsp3) is 0.111. The average Bonchev–Trinajstić information content (AvgIpc) is 2.30. The standard InChI is InChI=1S/C9H10N4O4S/c1-17-7-3-5(4-11-12-9(10)18)2-6(8(7)14)13(15)16/h2-4,14H,1H3,(H3,10,12,18). The van der Waals surface area contributed by atoms with Crippen LogP contribution in [0.1, 0.15) is 5.56 Å². The maximum Gasteiger partial charge on any atom is 0.315 e. The van der Waals surface area contributed by atoms with Gasteiger partial charge in [0, 0.05) is 11.6 Å². The summed E-state index contributed by atoms with van der Waals surface area (Å²) >= 11 is 4.53. The summed E-state index contributed by atoms with van der Waals surface area (Å²) in [6.45, 7) is 0. The van der Waals surface area contributed by atoms with E-state index in [1.165, 1.54) is 19.4 Å². The van der Waals surface area contributed by atoms with Gasteiger partial charge < -0.3 is 15.6 Å². The maximum atomic E-state index is 10.7. The smallest absolute Gasteiger partial charge is 0.315 e. The van der Waals surface area contributed by atoms with E-state index in [2.05, 4.69) is 22.7 Å². The second kappa shape index (κ2) is 5.77. The van der Waals surface area contributed by atoms with Crippen molar-refractivity contribution in [2.75, 3.05) is 7.11 Å². The predicted molar refractivity (Wildman–Crippen MR) is 68.8 cm³/mol. The minimum atomic E-state index is -0.726. The van der Waals surface area contributed by atoms with Gasteiger partial charge >= 0.3 is 5.69 Å². The molecule has 0 spiro atoms. The van der Waals surface area contributed by atoms with Crippen LogP contribution in [0.5, 0.6) is 11.5 Å². The summed E-state index contributed by atoms with van der Waals surface area (Å²) in [6.07, 6.45) is 1.26. The Hall–Kier alpha value is -2.42. The number of nitrogens with one attached hydrogen (secondary N) is 1. The molecule has 0 bridgehead atoms. The van der Waals surface area contributed by atoms with Crippen LogP contribution in [0.3, 0.4) is 0 Å². The lowest BCUT2D eigenvalue weighted by molar-refractivity contribution is -0.386. The number of nitrogens with two attached hydrogens (primary N) is 1. The fourth-order valence-corrected chi connectivity index (χ4v) is 1.21. The number of aromatic hydroxyl groups is 1. The number of hydrogen-bond acceptors (Lipinski definition) is 6. The zero-order valence-electron chi connectivity index (χ0n) is 9.28. The third-order valence-electron chi connectivity index (χ3n) is 1.88. The van der Waals surface area contributed by atoms with E-state index in [0.29, 0.717) is 5.56 Å². The van der Waals surface area contributed by atoms with Crippen LogP contribution >= 0.6 is 12.2 Å². The molecule has 0 aliphatic rings. The van der Waals surface area contributed by atoms with E-state index in [1.54, 1.807) is 0 Å². The minimum absolute atomic E-state index is 0.0269. The predicted octanol–water partition coefficient (Wildman–Crippen LogP) is 0.476. The molecular weight excluding hydrogens is 260 g/mol. The molecule has 0 aliphatic heterocycles. The van der Waals surface area contributed by atoms with Crippen LogP contribution in [0.25, 0.3) is 0 Å². The number of hydrogen-bond donors (Lipinski definition) is 3. The number of methoxy groups -OCH3 is 1. The second-order valence-corrected chi connectivity index (χ2v) is 3.52. The van der Waals surface area contributed by atoms with Gasteiger partial charge in [-0.05, 0) is 18.3 Å². The van der Waals surface area contributed by atoms with Crippen molar-refractivity contribution in [2.24, 2.45) is 10.8 Å². The molecule has 96 valence electrons. The van der Waals surface area contributed by atoms with Gasteiger partial charge in [0.05, 0.1) is 18.2 Å². The van der Waals surface area contributed by atoms with Crippen molar-refractivity contribution in [1.82, 2.24) is 5.43 Å². The quantitative estimate of drug-likeness (QED) is 0.314. The number of phenolic OH excluding ortho intramolecular Hbond substituents is 1. The Morgan fingerprint density at radius 2 is 2.39 bits per heavy atom. The SMILES string of the molecule is COc1cc(C=NNC(N)=S)cc([N+](=O)[O-])c1O. The number of thiocarbonyl (C=S) groups is 1. The summed E-state index contributed by atoms with van der Waals surface area (Å²) in [5, 5.41) is 23.9. The molecule has 0 aliphatic carbocycles. The number of rotatable bonds is 4. The normalized spacial score (nSPS) is 10.3. The highest BCUT2D eigenvalue weighted by Gasteiger charge is 2.19. The highest BCUT2D eigenvalue weighted by Crippen LogP contribution is 2.36. The summed E-state index contributed by atoms with van der Waals surface area (Å²) in [5.74, 6) is -0.567. The van der Waals surface area contributed by atoms with E-state index in [-0.39, 0.29) is 10.9 Å². The molecule has 0 unspecified atom stereocenters. The lowest BCUT2D eigenvalue weighted by Gasteiger charge is -2.04. The summed E-state index contributed by atoms with van der Waals surface area (Å²) in [6, 6.07) is 2.52. The zero-order valence-corrected chi connectivity index (χ0v) is 10.1. The number of benzene rings is 1. The lowest BCUT2D eigenvalue weighted by Crippen LogP contribution is -2.23. The molecular formula is C9H10N4O4S. The van der Waals surface area contributed by atoms with E-state index in [1.807, 2.05) is 0 Å². The van der Waals surface area contributed by atoms with Gasteiger partial charge in [0.15, 0.2) is 10.9 Å². The molecule has 0 amide bonds. The Labute approximate surface area is 107 Å². The Kier molecular flexibility index (Phi) is 4.38. The van der Waals surface area contributed by atoms with Crippen LogP contribution < -0.4 is 15.9 Å². The van der Waals surface area contributed by atoms with Crippen LogP contribution in [-0.2, 0) is 0 Å². The molecule has 9 heteroatoms. The van der Waals surface area contributed by atoms with E-state index in [4.69, 9.17) is 10.5 Å². The third kappa shape index (κ3) is 3.28. The number of hydrazone groups is 1. The molecule has 0 saturated heterocycles. The number of nitro benzene ring substituents is 1. The number of nitro groups is 1. The van der Waals surface area contributed by atoms with Crippen LogP contribution in [-0.4, -0.2) is 28.5 Å². The van der Waals surface area contributed by atoms with Crippen molar-refractivity contribution in [3.8, 4) is 11.5 Å². The molecule has 1 rings (SSSR count). The van der Waals surface area contributed by atoms with Crippen molar-refractivity contribution in [2.45, 2.75) is 0 Å². The Bertz CT molecular complexity index is 518. The van der Waals surface area contributed by atoms with Crippen molar-refractivity contribution in [3.63, 3.8) is 0 Å². The molecule has 8 nitrogen and oxygen atoms in total. The van der Waals surface area contributed by atoms with E-state index < -0.39 is 16.4 Å². The third-order valence-corrected chi connectivity index (χ3v) is 1.97. The van der Waals surface area contributed by atoms with Gasteiger partial charge in [0.1, 0.15) is 0 Å². The fourth-order valence-electron chi connectivity index (χ4n) is 1.15. The van der Waals surface area contributed by atoms with Crippen molar-refractivity contribution < 1.29 is 14.8 Å². The van der Waals surface area contributed by atoms with Crippen molar-refractivity contribution >= 4 is 29.2 Å². The van der Waals surface area contributed by atoms with E-state index >= 15 is 0 Å². The molecule has 1 aromatic rings. The highest BCUT2D eigenvalue weighted by atomic mass is 32.1. The Morgan fingerprint density at radius 1 is 1.72 bits per heavy atom. The average molecular weight is 270 g/mol. The summed E-state index contributed by atoms with van der Waals surface area (Å²) in [4.78, 5) is 9.99. The second-order valence-electron chi connectivity index (χ2n) is 3.08. The van der Waals surface area contributed by atoms with E-state index in [0.717, 1.165) is 6.07 Å². The van der Waals surface area contributed by atoms with Gasteiger partial charge in [-0.3, -0.25) is 15.5 Å². The van der Waals surface area contributed by atoms with Crippen molar-refractivity contribution in [3.05, 3.63) is 27.8 Å². The topological polar surface area (TPSA) is 123 Å². The van der Waals surface area contributed by atoms with Gasteiger partial charge in [0.2, 0.25) is 5.75 Å². The molecule has 0 heterocycles. The first-order chi connectivity index (χ1) is 8.45. The van der Waals surface area contributed by atoms with Crippen LogP contribution in [0.2, 0.25) is 0 Å². The number of ether oxygens (including phenoxy) is 1. The first-order valence-corrected chi connectivity index (χ1v) is 5.00. The molecule has 0 fully saturated rings. The zero-order chi connectivity index (χ0) is 13.7. The van der Waals surface area contributed by atoms with Gasteiger partial charge in [0.25, 0.3) is 0 Å². The largest absolute Gasteiger partial charge is 0.500 e. The Balaban J connectivity index is 3.13. The maximum absolute atomic E-state index is 10.7. The van der Waals surface area contributed by atoms with Gasteiger partial charge in [-0.2, -0.15) is 5.10 Å². The number of phenols is 1. The van der Waals surface area contributed by atoms with E-state index in [9.17, 15) is 15.2 Å². The lowest BCUT2D eigenvalue weighted by atomic mass is 10.2. The molecule has 0 atom stereocenters. The van der Waals surface area contributed by atoms with Gasteiger partial charge in [-0.15, -0.1) is 0 Å². The van der Waals surface area contributed by atoms with Crippen LogP contribution in [0.4, 0.5) is 5.69 Å². The van der Waals surface area contributed by atoms with Crippen LogP contribution in [0.15, 0.2) is 17.2 Å². The van der Waals surface area contributed by atoms with Crippen molar-refractivity contribution in [1.29, 1.82) is 0 Å². The number of nitrogens with zero attached hydrogens (tertiary/aromatic N) is 2. The molecule has 0 saturated carbocycles. The Morgan fingerprint density at radius 3 is 2.89 bits per heavy atom.